The normalized spacial score (nSPS) is 10.8. The van der Waals surface area contributed by atoms with Crippen LogP contribution in [0, 0.1) is 6.92 Å². The maximum Gasteiger partial charge on any atom is 0.267 e. The first-order valence-electron chi connectivity index (χ1n) is 8.68. The van der Waals surface area contributed by atoms with Crippen LogP contribution in [0.2, 0.25) is 0 Å². The van der Waals surface area contributed by atoms with Crippen LogP contribution in [0.1, 0.15) is 15.4 Å². The van der Waals surface area contributed by atoms with Crippen molar-refractivity contribution in [2.75, 3.05) is 19.5 Å². The molecule has 0 bridgehead atoms. The first-order valence-corrected chi connectivity index (χ1v) is 9.49. The topological polar surface area (TPSA) is 64.9 Å². The quantitative estimate of drug-likeness (QED) is 0.536. The molecule has 2 aromatic heterocycles. The van der Waals surface area contributed by atoms with Gasteiger partial charge in [-0.15, -0.1) is 0 Å². The Kier molecular flexibility index (Phi) is 4.75. The average Bonchev–Trinajstić information content (AvgIpc) is 3.28. The molecule has 0 atom stereocenters. The highest BCUT2D eigenvalue weighted by Gasteiger charge is 2.18. The molecule has 1 amide bonds. The van der Waals surface area contributed by atoms with E-state index >= 15 is 0 Å². The first kappa shape index (κ1) is 18.1. The summed E-state index contributed by atoms with van der Waals surface area (Å²) >= 11 is 1.37. The Labute approximate surface area is 166 Å². The Hall–Kier alpha value is -3.32. The predicted molar refractivity (Wildman–Crippen MR) is 111 cm³/mol. The third-order valence-electron chi connectivity index (χ3n) is 4.47. The lowest BCUT2D eigenvalue weighted by Gasteiger charge is -2.10. The molecule has 0 aliphatic carbocycles. The van der Waals surface area contributed by atoms with Crippen LogP contribution in [0.5, 0.6) is 11.5 Å². The molecular weight excluding hydrogens is 374 g/mol. The second-order valence-electron chi connectivity index (χ2n) is 6.19. The number of rotatable bonds is 5. The molecule has 142 valence electrons. The number of methoxy groups -OCH3 is 2. The van der Waals surface area contributed by atoms with Gasteiger partial charge in [0, 0.05) is 29.2 Å². The minimum atomic E-state index is -0.179. The lowest BCUT2D eigenvalue weighted by molar-refractivity contribution is 0.102. The zero-order chi connectivity index (χ0) is 19.7. The number of imidazole rings is 1. The summed E-state index contributed by atoms with van der Waals surface area (Å²) in [5.74, 6) is 0.992. The number of anilines is 1. The van der Waals surface area contributed by atoms with Gasteiger partial charge in [-0.1, -0.05) is 41.7 Å². The molecule has 0 aliphatic heterocycles. The molecule has 7 heteroatoms. The smallest absolute Gasteiger partial charge is 0.267 e. The molecule has 0 spiro atoms. The molecule has 0 saturated heterocycles. The molecule has 0 saturated carbocycles. The number of amides is 1. The van der Waals surface area contributed by atoms with E-state index < -0.39 is 0 Å². The van der Waals surface area contributed by atoms with Crippen LogP contribution in [0.3, 0.4) is 0 Å². The number of ether oxygens (including phenoxy) is 2. The predicted octanol–water partition coefficient (Wildman–Crippen LogP) is 4.64. The van der Waals surface area contributed by atoms with E-state index in [1.165, 1.54) is 11.3 Å². The molecule has 0 unspecified atom stereocenters. The molecule has 2 aromatic carbocycles. The SMILES string of the molecule is COc1ccc(NC(=O)c2sc3nc(-c4ccccc4)cn3c2C)cc1OC. The van der Waals surface area contributed by atoms with Crippen molar-refractivity contribution in [2.24, 2.45) is 0 Å². The second kappa shape index (κ2) is 7.36. The van der Waals surface area contributed by atoms with Gasteiger partial charge in [-0.25, -0.2) is 4.98 Å². The molecule has 2 heterocycles. The van der Waals surface area contributed by atoms with Gasteiger partial charge in [-0.05, 0) is 19.1 Å². The van der Waals surface area contributed by atoms with Crippen LogP contribution in [-0.4, -0.2) is 29.5 Å². The third-order valence-corrected chi connectivity index (χ3v) is 5.63. The van der Waals surface area contributed by atoms with Gasteiger partial charge in [-0.3, -0.25) is 9.20 Å². The summed E-state index contributed by atoms with van der Waals surface area (Å²) in [6.07, 6.45) is 1.96. The molecule has 4 aromatic rings. The fraction of sp³-hybridized carbons (Fsp3) is 0.143. The summed E-state index contributed by atoms with van der Waals surface area (Å²) in [5.41, 5.74) is 3.43. The van der Waals surface area contributed by atoms with Crippen molar-refractivity contribution in [1.29, 1.82) is 0 Å². The minimum absolute atomic E-state index is 0.179. The Morgan fingerprint density at radius 2 is 1.82 bits per heavy atom. The Bertz CT molecular complexity index is 1150. The van der Waals surface area contributed by atoms with Gasteiger partial charge in [0.25, 0.3) is 5.91 Å². The minimum Gasteiger partial charge on any atom is -0.493 e. The Morgan fingerprint density at radius 3 is 2.50 bits per heavy atom. The van der Waals surface area contributed by atoms with Crippen LogP contribution < -0.4 is 14.8 Å². The van der Waals surface area contributed by atoms with E-state index in [9.17, 15) is 4.79 Å². The number of benzene rings is 2. The molecule has 28 heavy (non-hydrogen) atoms. The maximum atomic E-state index is 12.8. The van der Waals surface area contributed by atoms with E-state index in [1.807, 2.05) is 47.9 Å². The van der Waals surface area contributed by atoms with E-state index in [0.29, 0.717) is 22.1 Å². The first-order chi connectivity index (χ1) is 13.6. The summed E-state index contributed by atoms with van der Waals surface area (Å²) in [7, 11) is 3.14. The van der Waals surface area contributed by atoms with Crippen LogP contribution in [0.4, 0.5) is 5.69 Å². The number of fused-ring (bicyclic) bond motifs is 1. The average molecular weight is 393 g/mol. The largest absolute Gasteiger partial charge is 0.493 e. The highest BCUT2D eigenvalue weighted by molar-refractivity contribution is 7.19. The van der Waals surface area contributed by atoms with Crippen molar-refractivity contribution in [2.45, 2.75) is 6.92 Å². The molecule has 6 nitrogen and oxygen atoms in total. The number of hydrogen-bond donors (Lipinski definition) is 1. The summed E-state index contributed by atoms with van der Waals surface area (Å²) in [6.45, 7) is 1.92. The van der Waals surface area contributed by atoms with E-state index in [2.05, 4.69) is 10.3 Å². The summed E-state index contributed by atoms with van der Waals surface area (Å²) in [5, 5.41) is 2.92. The van der Waals surface area contributed by atoms with Crippen LogP contribution in [0.15, 0.2) is 54.7 Å². The maximum absolute atomic E-state index is 12.8. The monoisotopic (exact) mass is 393 g/mol. The zero-order valence-electron chi connectivity index (χ0n) is 15.7. The number of carbonyl (C=O) groups excluding carboxylic acids is 1. The molecule has 0 radical (unpaired) electrons. The summed E-state index contributed by atoms with van der Waals surface area (Å²) in [6, 6.07) is 15.3. The van der Waals surface area contributed by atoms with E-state index in [4.69, 9.17) is 9.47 Å². The molecule has 4 rings (SSSR count). The van der Waals surface area contributed by atoms with E-state index in [1.54, 1.807) is 32.4 Å². The van der Waals surface area contributed by atoms with Gasteiger partial charge in [0.1, 0.15) is 4.88 Å². The van der Waals surface area contributed by atoms with E-state index in [0.717, 1.165) is 21.9 Å². The Morgan fingerprint density at radius 1 is 1.07 bits per heavy atom. The van der Waals surface area contributed by atoms with Gasteiger partial charge in [0.05, 0.1) is 19.9 Å². The highest BCUT2D eigenvalue weighted by Crippen LogP contribution is 2.31. The van der Waals surface area contributed by atoms with Gasteiger partial charge in [0.2, 0.25) is 0 Å². The molecule has 0 aliphatic rings. The molecule has 1 N–H and O–H groups in total. The lowest BCUT2D eigenvalue weighted by atomic mass is 10.2. The van der Waals surface area contributed by atoms with Crippen molar-refractivity contribution in [3.05, 3.63) is 65.3 Å². The number of thiazole rings is 1. The van der Waals surface area contributed by atoms with Crippen LogP contribution in [-0.2, 0) is 0 Å². The van der Waals surface area contributed by atoms with Gasteiger partial charge in [0.15, 0.2) is 16.5 Å². The second-order valence-corrected chi connectivity index (χ2v) is 7.16. The molecular formula is C21H19N3O3S. The van der Waals surface area contributed by atoms with Gasteiger partial charge in [-0.2, -0.15) is 0 Å². The van der Waals surface area contributed by atoms with Crippen molar-refractivity contribution >= 4 is 27.9 Å². The van der Waals surface area contributed by atoms with Crippen molar-refractivity contribution in [3.8, 4) is 22.8 Å². The fourth-order valence-corrected chi connectivity index (χ4v) is 4.01. The standard InChI is InChI=1S/C21H19N3O3S/c1-13-19(20(25)22-15-9-10-17(26-2)18(11-15)27-3)28-21-23-16(12-24(13)21)14-7-5-4-6-8-14/h4-12H,1-3H3,(H,22,25). The zero-order valence-corrected chi connectivity index (χ0v) is 16.5. The van der Waals surface area contributed by atoms with Gasteiger partial charge >= 0.3 is 0 Å². The summed E-state index contributed by atoms with van der Waals surface area (Å²) < 4.78 is 12.5. The number of nitrogens with one attached hydrogen (secondary N) is 1. The Balaban J connectivity index is 1.61. The fourth-order valence-electron chi connectivity index (χ4n) is 3.01. The number of aromatic nitrogens is 2. The van der Waals surface area contributed by atoms with Crippen molar-refractivity contribution in [1.82, 2.24) is 9.38 Å². The number of carbonyl (C=O) groups is 1. The van der Waals surface area contributed by atoms with Gasteiger partial charge < -0.3 is 14.8 Å². The summed E-state index contributed by atoms with van der Waals surface area (Å²) in [4.78, 5) is 18.9. The lowest BCUT2D eigenvalue weighted by Crippen LogP contribution is -2.12. The van der Waals surface area contributed by atoms with Crippen molar-refractivity contribution in [3.63, 3.8) is 0 Å². The molecule has 0 fully saturated rings. The van der Waals surface area contributed by atoms with Crippen molar-refractivity contribution < 1.29 is 14.3 Å². The number of hydrogen-bond acceptors (Lipinski definition) is 5. The van der Waals surface area contributed by atoms with E-state index in [-0.39, 0.29) is 5.91 Å². The van der Waals surface area contributed by atoms with Crippen LogP contribution >= 0.6 is 11.3 Å². The number of nitrogens with zero attached hydrogens (tertiary/aromatic N) is 2. The number of aryl methyl sites for hydroxylation is 1. The third kappa shape index (κ3) is 3.20. The van der Waals surface area contributed by atoms with Crippen LogP contribution in [0.25, 0.3) is 16.2 Å². The highest BCUT2D eigenvalue weighted by atomic mass is 32.1.